The van der Waals surface area contributed by atoms with Crippen LogP contribution in [0.2, 0.25) is 0 Å². The molecule has 26 heavy (non-hydrogen) atoms. The van der Waals surface area contributed by atoms with Crippen LogP contribution in [0, 0.1) is 13.8 Å². The molecule has 136 valence electrons. The highest BCUT2D eigenvalue weighted by molar-refractivity contribution is 6.08. The third-order valence-electron chi connectivity index (χ3n) is 5.54. The van der Waals surface area contributed by atoms with Crippen molar-refractivity contribution >= 4 is 22.8 Å². The number of aryl methyl sites for hydroxylation is 2. The van der Waals surface area contributed by atoms with Crippen LogP contribution in [0.1, 0.15) is 65.2 Å². The van der Waals surface area contributed by atoms with Gasteiger partial charge >= 0.3 is 5.97 Å². The normalized spacial score (nSPS) is 20.4. The molecule has 2 aromatic rings. The molecule has 1 N–H and O–H groups in total. The number of amides is 1. The molecule has 2 heterocycles. The Bertz CT molecular complexity index is 902. The predicted molar refractivity (Wildman–Crippen MR) is 99.5 cm³/mol. The van der Waals surface area contributed by atoms with Crippen LogP contribution in [0.15, 0.2) is 18.2 Å². The van der Waals surface area contributed by atoms with E-state index in [0.717, 1.165) is 53.4 Å². The number of pyridine rings is 1. The van der Waals surface area contributed by atoms with E-state index in [2.05, 4.69) is 6.07 Å². The Labute approximate surface area is 153 Å². The minimum absolute atomic E-state index is 0.170. The van der Waals surface area contributed by atoms with Crippen molar-refractivity contribution in [2.24, 2.45) is 0 Å². The quantitative estimate of drug-likeness (QED) is 0.912. The number of carbonyl (C=O) groups excluding carboxylic acids is 1. The Morgan fingerprint density at radius 2 is 1.88 bits per heavy atom. The number of hydrogen-bond acceptors (Lipinski definition) is 3. The lowest BCUT2D eigenvalue weighted by molar-refractivity contribution is -0.143. The molecule has 4 rings (SSSR count). The molecule has 0 bridgehead atoms. The molecule has 2 aliphatic rings. The molecule has 1 aliphatic heterocycles. The van der Waals surface area contributed by atoms with Crippen molar-refractivity contribution in [1.82, 2.24) is 9.88 Å². The van der Waals surface area contributed by atoms with Gasteiger partial charge in [0.2, 0.25) is 0 Å². The molecule has 0 unspecified atom stereocenters. The van der Waals surface area contributed by atoms with Crippen molar-refractivity contribution in [2.75, 3.05) is 6.54 Å². The van der Waals surface area contributed by atoms with E-state index < -0.39 is 12.0 Å². The number of hydrogen-bond donors (Lipinski definition) is 1. The van der Waals surface area contributed by atoms with E-state index in [1.165, 1.54) is 0 Å². The van der Waals surface area contributed by atoms with Crippen LogP contribution in [0.3, 0.4) is 0 Å². The fourth-order valence-electron chi connectivity index (χ4n) is 4.05. The Hall–Kier alpha value is -2.43. The number of piperidine rings is 1. The topological polar surface area (TPSA) is 70.5 Å². The number of aromatic nitrogens is 1. The fraction of sp³-hybridized carbons (Fsp3) is 0.476. The summed E-state index contributed by atoms with van der Waals surface area (Å²) in [7, 11) is 0. The molecule has 5 nitrogen and oxygen atoms in total. The van der Waals surface area contributed by atoms with E-state index in [1.54, 1.807) is 4.90 Å². The van der Waals surface area contributed by atoms with E-state index >= 15 is 0 Å². The van der Waals surface area contributed by atoms with Crippen LogP contribution >= 0.6 is 0 Å². The Balaban J connectivity index is 1.86. The van der Waals surface area contributed by atoms with Crippen LogP contribution in [0.4, 0.5) is 0 Å². The summed E-state index contributed by atoms with van der Waals surface area (Å²) in [5, 5.41) is 10.4. The standard InChI is InChI=1S/C21H24N2O3/c1-12-9-13(2)19-15(10-12)16(11-17(22-19)14-6-7-14)20(24)23-8-4-3-5-18(23)21(25)26/h9-11,14,18H,3-8H2,1-2H3,(H,25,26)/t18-/m1/s1. The minimum atomic E-state index is -0.911. The molecule has 0 spiro atoms. The fourth-order valence-corrected chi connectivity index (χ4v) is 4.05. The van der Waals surface area contributed by atoms with Gasteiger partial charge < -0.3 is 10.0 Å². The molecular weight excluding hydrogens is 328 g/mol. The summed E-state index contributed by atoms with van der Waals surface area (Å²) in [6.45, 7) is 4.54. The number of benzene rings is 1. The second-order valence-electron chi connectivity index (χ2n) is 7.70. The second kappa shape index (κ2) is 6.38. The maximum Gasteiger partial charge on any atom is 0.326 e. The third kappa shape index (κ3) is 2.96. The van der Waals surface area contributed by atoms with Crippen LogP contribution in [-0.4, -0.2) is 39.5 Å². The first-order valence-corrected chi connectivity index (χ1v) is 9.41. The number of aliphatic carboxylic acids is 1. The van der Waals surface area contributed by atoms with E-state index in [9.17, 15) is 14.7 Å². The highest BCUT2D eigenvalue weighted by Gasteiger charge is 2.34. The van der Waals surface area contributed by atoms with Crippen LogP contribution in [0.5, 0.6) is 0 Å². The Kier molecular flexibility index (Phi) is 4.17. The molecule has 5 heteroatoms. The zero-order valence-electron chi connectivity index (χ0n) is 15.3. The van der Waals surface area contributed by atoms with Gasteiger partial charge in [0.05, 0.1) is 11.1 Å². The van der Waals surface area contributed by atoms with Crippen molar-refractivity contribution in [3.63, 3.8) is 0 Å². The molecule has 1 saturated carbocycles. The summed E-state index contributed by atoms with van der Waals surface area (Å²) >= 11 is 0. The maximum absolute atomic E-state index is 13.4. The molecule has 1 atom stereocenters. The Morgan fingerprint density at radius 1 is 1.12 bits per heavy atom. The zero-order chi connectivity index (χ0) is 18.4. The van der Waals surface area contributed by atoms with Gasteiger partial charge in [0, 0.05) is 23.5 Å². The van der Waals surface area contributed by atoms with Crippen molar-refractivity contribution in [2.45, 2.75) is 57.9 Å². The SMILES string of the molecule is Cc1cc(C)c2nc(C3CC3)cc(C(=O)N3CCCC[C@@H]3C(=O)O)c2c1. The van der Waals surface area contributed by atoms with E-state index in [1.807, 2.05) is 26.0 Å². The highest BCUT2D eigenvalue weighted by Crippen LogP contribution is 2.41. The average Bonchev–Trinajstić information content (AvgIpc) is 3.45. The lowest BCUT2D eigenvalue weighted by atomic mass is 9.97. The van der Waals surface area contributed by atoms with Gasteiger partial charge in [-0.15, -0.1) is 0 Å². The molecular formula is C21H24N2O3. The molecule has 0 radical (unpaired) electrons. The van der Waals surface area contributed by atoms with Gasteiger partial charge in [-0.2, -0.15) is 0 Å². The largest absolute Gasteiger partial charge is 0.480 e. The summed E-state index contributed by atoms with van der Waals surface area (Å²) in [4.78, 5) is 31.4. The lowest BCUT2D eigenvalue weighted by Gasteiger charge is -2.33. The van der Waals surface area contributed by atoms with Gasteiger partial charge in [0.1, 0.15) is 6.04 Å². The summed E-state index contributed by atoms with van der Waals surface area (Å²) in [5.41, 5.74) is 4.59. The first-order chi connectivity index (χ1) is 12.5. The van der Waals surface area contributed by atoms with E-state index in [-0.39, 0.29) is 5.91 Å². The van der Waals surface area contributed by atoms with Crippen molar-refractivity contribution in [1.29, 1.82) is 0 Å². The van der Waals surface area contributed by atoms with Gasteiger partial charge in [-0.05, 0) is 63.6 Å². The number of carbonyl (C=O) groups is 2. The van der Waals surface area contributed by atoms with Gasteiger partial charge in [-0.1, -0.05) is 11.6 Å². The Morgan fingerprint density at radius 3 is 2.58 bits per heavy atom. The smallest absolute Gasteiger partial charge is 0.326 e. The minimum Gasteiger partial charge on any atom is -0.480 e. The van der Waals surface area contributed by atoms with Crippen molar-refractivity contribution < 1.29 is 14.7 Å². The lowest BCUT2D eigenvalue weighted by Crippen LogP contribution is -2.48. The van der Waals surface area contributed by atoms with Gasteiger partial charge in [-0.3, -0.25) is 9.78 Å². The number of carboxylic acids is 1. The molecule has 1 aromatic heterocycles. The van der Waals surface area contributed by atoms with Gasteiger partial charge in [0.25, 0.3) is 5.91 Å². The molecule has 1 aromatic carbocycles. The van der Waals surface area contributed by atoms with Gasteiger partial charge in [-0.25, -0.2) is 4.79 Å². The van der Waals surface area contributed by atoms with Crippen LogP contribution in [-0.2, 0) is 4.79 Å². The number of nitrogens with zero attached hydrogens (tertiary/aromatic N) is 2. The average molecular weight is 352 g/mol. The second-order valence-corrected chi connectivity index (χ2v) is 7.70. The number of fused-ring (bicyclic) bond motifs is 1. The number of rotatable bonds is 3. The van der Waals surface area contributed by atoms with Crippen LogP contribution in [0.25, 0.3) is 10.9 Å². The number of likely N-dealkylation sites (tertiary alicyclic amines) is 1. The summed E-state index contributed by atoms with van der Waals surface area (Å²) in [5.74, 6) is -0.647. The monoisotopic (exact) mass is 352 g/mol. The van der Waals surface area contributed by atoms with E-state index in [4.69, 9.17) is 4.98 Å². The first kappa shape index (κ1) is 17.0. The summed E-state index contributed by atoms with van der Waals surface area (Å²) < 4.78 is 0. The van der Waals surface area contributed by atoms with Crippen molar-refractivity contribution in [3.05, 3.63) is 40.6 Å². The van der Waals surface area contributed by atoms with Crippen LogP contribution < -0.4 is 0 Å². The predicted octanol–water partition coefficient (Wildman–Crippen LogP) is 3.81. The van der Waals surface area contributed by atoms with Crippen molar-refractivity contribution in [3.8, 4) is 0 Å². The molecule has 1 saturated heterocycles. The zero-order valence-corrected chi connectivity index (χ0v) is 15.3. The highest BCUT2D eigenvalue weighted by atomic mass is 16.4. The van der Waals surface area contributed by atoms with Gasteiger partial charge in [0.15, 0.2) is 0 Å². The molecule has 1 amide bonds. The third-order valence-corrected chi connectivity index (χ3v) is 5.54. The first-order valence-electron chi connectivity index (χ1n) is 9.41. The maximum atomic E-state index is 13.4. The van der Waals surface area contributed by atoms with E-state index in [0.29, 0.717) is 24.4 Å². The summed E-state index contributed by atoms with van der Waals surface area (Å²) in [6, 6.07) is 5.27. The number of carboxylic acid groups (broad SMARTS) is 1. The molecule has 1 aliphatic carbocycles. The summed E-state index contributed by atoms with van der Waals surface area (Å²) in [6.07, 6.45) is 4.45. The molecule has 2 fully saturated rings.